The van der Waals surface area contributed by atoms with Crippen molar-refractivity contribution in [1.82, 2.24) is 24.4 Å². The lowest BCUT2D eigenvalue weighted by molar-refractivity contribution is 0.596. The van der Waals surface area contributed by atoms with Crippen molar-refractivity contribution in [3.05, 3.63) is 26.4 Å². The molecule has 0 aliphatic rings. The molecule has 2 N–H and O–H groups in total. The molecular weight excluding hydrogens is 276 g/mol. The minimum atomic E-state index is -0.791. The molecule has 0 saturated heterocycles. The van der Waals surface area contributed by atoms with Gasteiger partial charge in [-0.05, 0) is 0 Å². The van der Waals surface area contributed by atoms with Crippen molar-refractivity contribution < 1.29 is 0 Å². The topological polar surface area (TPSA) is 106 Å². The SMILES string of the molecule is CNc1snnc1CSc1nc(=O)c(=O)[nH]n1C. The predicted octanol–water partition coefficient (Wildman–Crippen LogP) is -0.346. The van der Waals surface area contributed by atoms with Crippen molar-refractivity contribution in [2.45, 2.75) is 10.9 Å². The molecule has 0 radical (unpaired) electrons. The Morgan fingerprint density at radius 1 is 1.50 bits per heavy atom. The van der Waals surface area contributed by atoms with Crippen LogP contribution >= 0.6 is 23.3 Å². The van der Waals surface area contributed by atoms with E-state index in [1.807, 2.05) is 0 Å². The molecule has 0 atom stereocenters. The minimum absolute atomic E-state index is 0.426. The van der Waals surface area contributed by atoms with Crippen LogP contribution in [0, 0.1) is 0 Å². The number of rotatable bonds is 4. The van der Waals surface area contributed by atoms with Crippen molar-refractivity contribution in [3.63, 3.8) is 0 Å². The fourth-order valence-electron chi connectivity index (χ4n) is 1.22. The lowest BCUT2D eigenvalue weighted by Crippen LogP contribution is -2.33. The van der Waals surface area contributed by atoms with Crippen LogP contribution in [0.5, 0.6) is 0 Å². The van der Waals surface area contributed by atoms with Gasteiger partial charge in [0.1, 0.15) is 10.7 Å². The van der Waals surface area contributed by atoms with Crippen LogP contribution in [0.1, 0.15) is 5.69 Å². The van der Waals surface area contributed by atoms with Gasteiger partial charge in [0, 0.05) is 31.4 Å². The third kappa shape index (κ3) is 2.59. The quantitative estimate of drug-likeness (QED) is 0.584. The molecule has 0 spiro atoms. The Morgan fingerprint density at radius 2 is 2.28 bits per heavy atom. The van der Waals surface area contributed by atoms with Crippen molar-refractivity contribution in [2.75, 3.05) is 12.4 Å². The highest BCUT2D eigenvalue weighted by atomic mass is 32.2. The Balaban J connectivity index is 2.18. The number of aromatic nitrogens is 5. The molecule has 2 aromatic heterocycles. The summed E-state index contributed by atoms with van der Waals surface area (Å²) in [6.45, 7) is 0. The smallest absolute Gasteiger partial charge is 0.339 e. The highest BCUT2D eigenvalue weighted by molar-refractivity contribution is 7.98. The molecule has 0 fully saturated rings. The van der Waals surface area contributed by atoms with E-state index in [9.17, 15) is 9.59 Å². The molecule has 10 heteroatoms. The summed E-state index contributed by atoms with van der Waals surface area (Å²) in [5, 5.41) is 10.6. The van der Waals surface area contributed by atoms with Gasteiger partial charge in [0.25, 0.3) is 0 Å². The second-order valence-electron chi connectivity index (χ2n) is 3.29. The molecule has 8 nitrogen and oxygen atoms in total. The van der Waals surface area contributed by atoms with Crippen LogP contribution in [0.3, 0.4) is 0 Å². The van der Waals surface area contributed by atoms with Gasteiger partial charge in [0.05, 0.1) is 0 Å². The molecule has 2 aromatic rings. The number of thioether (sulfide) groups is 1. The first-order valence-corrected chi connectivity index (χ1v) is 6.67. The molecule has 96 valence electrons. The van der Waals surface area contributed by atoms with E-state index >= 15 is 0 Å². The summed E-state index contributed by atoms with van der Waals surface area (Å²) < 4.78 is 5.24. The minimum Gasteiger partial charge on any atom is -0.377 e. The average molecular weight is 286 g/mol. The first-order valence-electron chi connectivity index (χ1n) is 4.91. The summed E-state index contributed by atoms with van der Waals surface area (Å²) in [6, 6.07) is 0. The maximum atomic E-state index is 11.2. The van der Waals surface area contributed by atoms with Crippen LogP contribution in [0.25, 0.3) is 0 Å². The van der Waals surface area contributed by atoms with Crippen LogP contribution in [-0.4, -0.2) is 31.4 Å². The second-order valence-corrected chi connectivity index (χ2v) is 4.98. The Morgan fingerprint density at radius 3 is 3.00 bits per heavy atom. The summed E-state index contributed by atoms with van der Waals surface area (Å²) >= 11 is 2.57. The van der Waals surface area contributed by atoms with Crippen LogP contribution < -0.4 is 16.4 Å². The molecule has 0 saturated carbocycles. The Bertz CT molecular complexity index is 660. The Kier molecular flexibility index (Phi) is 3.77. The number of aryl methyl sites for hydroxylation is 1. The summed E-state index contributed by atoms with van der Waals surface area (Å²) in [7, 11) is 3.41. The summed E-state index contributed by atoms with van der Waals surface area (Å²) in [6.07, 6.45) is 0. The number of nitrogens with one attached hydrogen (secondary N) is 2. The first kappa shape index (κ1) is 12.8. The second kappa shape index (κ2) is 5.31. The maximum Gasteiger partial charge on any atom is 0.339 e. The molecule has 0 aromatic carbocycles. The van der Waals surface area contributed by atoms with Gasteiger partial charge in [0.15, 0.2) is 5.16 Å². The number of nitrogens with zero attached hydrogens (tertiary/aromatic N) is 4. The van der Waals surface area contributed by atoms with Gasteiger partial charge in [-0.1, -0.05) is 16.3 Å². The van der Waals surface area contributed by atoms with Crippen LogP contribution in [0.2, 0.25) is 0 Å². The standard InChI is InChI=1S/C8H10N6O2S2/c1-9-7-4(11-13-18-7)3-17-8-10-5(15)6(16)12-14(8)2/h9H,3H2,1-2H3,(H,12,16). The van der Waals surface area contributed by atoms with Crippen molar-refractivity contribution in [1.29, 1.82) is 0 Å². The third-order valence-electron chi connectivity index (χ3n) is 2.07. The van der Waals surface area contributed by atoms with E-state index in [-0.39, 0.29) is 0 Å². The van der Waals surface area contributed by atoms with Gasteiger partial charge in [-0.2, -0.15) is 4.98 Å². The van der Waals surface area contributed by atoms with Gasteiger partial charge < -0.3 is 5.32 Å². The first-order chi connectivity index (χ1) is 8.61. The monoisotopic (exact) mass is 286 g/mol. The molecule has 2 rings (SSSR count). The lowest BCUT2D eigenvalue weighted by Gasteiger charge is -2.04. The Hall–Kier alpha value is -1.68. The predicted molar refractivity (Wildman–Crippen MR) is 69.1 cm³/mol. The van der Waals surface area contributed by atoms with Gasteiger partial charge in [-0.25, -0.2) is 0 Å². The highest BCUT2D eigenvalue weighted by Crippen LogP contribution is 2.24. The van der Waals surface area contributed by atoms with Crippen LogP contribution in [0.15, 0.2) is 14.7 Å². The average Bonchev–Trinajstić information content (AvgIpc) is 2.79. The Labute approximate surface area is 110 Å². The van der Waals surface area contributed by atoms with Crippen molar-refractivity contribution in [2.24, 2.45) is 7.05 Å². The molecule has 18 heavy (non-hydrogen) atoms. The van der Waals surface area contributed by atoms with Crippen molar-refractivity contribution in [3.8, 4) is 0 Å². The van der Waals surface area contributed by atoms with E-state index < -0.39 is 11.1 Å². The number of hydrogen-bond donors (Lipinski definition) is 2. The van der Waals surface area contributed by atoms with E-state index in [1.54, 1.807) is 14.1 Å². The number of H-pyrrole nitrogens is 1. The molecule has 0 aliphatic carbocycles. The molecule has 0 bridgehead atoms. The normalized spacial score (nSPS) is 10.6. The molecule has 0 aliphatic heterocycles. The van der Waals surface area contributed by atoms with E-state index in [0.29, 0.717) is 10.9 Å². The summed E-state index contributed by atoms with van der Waals surface area (Å²) in [4.78, 5) is 25.9. The molecule has 0 amide bonds. The van der Waals surface area contributed by atoms with Crippen LogP contribution in [-0.2, 0) is 12.8 Å². The fourth-order valence-corrected chi connectivity index (χ4v) is 2.69. The largest absolute Gasteiger partial charge is 0.377 e. The summed E-state index contributed by atoms with van der Waals surface area (Å²) in [5.74, 6) is 0.513. The zero-order valence-electron chi connectivity index (χ0n) is 9.63. The highest BCUT2D eigenvalue weighted by Gasteiger charge is 2.10. The third-order valence-corrected chi connectivity index (χ3v) is 3.90. The number of hydrogen-bond acceptors (Lipinski definition) is 8. The lowest BCUT2D eigenvalue weighted by atomic mass is 10.5. The van der Waals surface area contributed by atoms with Gasteiger partial charge in [-0.3, -0.25) is 19.4 Å². The molecule has 0 unspecified atom stereocenters. The zero-order chi connectivity index (χ0) is 13.1. The maximum absolute atomic E-state index is 11.2. The number of aromatic amines is 1. The van der Waals surface area contributed by atoms with Gasteiger partial charge in [0.2, 0.25) is 0 Å². The van der Waals surface area contributed by atoms with E-state index in [2.05, 4.69) is 25.0 Å². The fraction of sp³-hybridized carbons (Fsp3) is 0.375. The van der Waals surface area contributed by atoms with E-state index in [1.165, 1.54) is 28.0 Å². The van der Waals surface area contributed by atoms with E-state index in [4.69, 9.17) is 0 Å². The summed E-state index contributed by atoms with van der Waals surface area (Å²) in [5.41, 5.74) is -0.734. The van der Waals surface area contributed by atoms with Gasteiger partial charge >= 0.3 is 11.1 Å². The van der Waals surface area contributed by atoms with Crippen molar-refractivity contribution >= 4 is 28.3 Å². The number of anilines is 1. The zero-order valence-corrected chi connectivity index (χ0v) is 11.3. The van der Waals surface area contributed by atoms with E-state index in [0.717, 1.165) is 10.7 Å². The van der Waals surface area contributed by atoms with Crippen LogP contribution in [0.4, 0.5) is 5.00 Å². The molecular formula is C8H10N6O2S2. The van der Waals surface area contributed by atoms with Gasteiger partial charge in [-0.15, -0.1) is 5.10 Å². The molecule has 2 heterocycles.